The molecule has 0 saturated heterocycles. The Kier molecular flexibility index (Phi) is 3.62. The first kappa shape index (κ1) is 15.2. The number of nitrogens with zero attached hydrogens (tertiary/aromatic N) is 2. The Hall–Kier alpha value is -2.72. The fraction of sp³-hybridized carbons (Fsp3) is 0.125. The second kappa shape index (κ2) is 5.48. The molecule has 0 spiro atoms. The number of benzene rings is 1. The number of nitriles is 1. The molecule has 1 atom stereocenters. The molecule has 0 amide bonds. The number of allylic oxidation sites excluding steroid dienone is 1. The number of hydrogen-bond acceptors (Lipinski definition) is 5. The number of aryl methyl sites for hydroxylation is 1. The molecule has 7 heteroatoms. The Balaban J connectivity index is 2.36. The molecule has 2 aromatic rings. The summed E-state index contributed by atoms with van der Waals surface area (Å²) < 4.78 is 6.78. The monoisotopic (exact) mass is 373 g/mol. The summed E-state index contributed by atoms with van der Waals surface area (Å²) in [6.07, 6.45) is 0. The van der Waals surface area contributed by atoms with E-state index < -0.39 is 11.5 Å². The molecule has 0 fully saturated rings. The molecule has 3 N–H and O–H groups in total. The predicted molar refractivity (Wildman–Crippen MR) is 86.1 cm³/mol. The van der Waals surface area contributed by atoms with Gasteiger partial charge in [0, 0.05) is 10.5 Å². The van der Waals surface area contributed by atoms with Gasteiger partial charge in [0.15, 0.2) is 0 Å². The molecule has 0 aliphatic carbocycles. The van der Waals surface area contributed by atoms with Gasteiger partial charge in [0.2, 0.25) is 5.88 Å². The van der Waals surface area contributed by atoms with Crippen LogP contribution in [0.25, 0.3) is 0 Å². The van der Waals surface area contributed by atoms with Gasteiger partial charge < -0.3 is 15.7 Å². The number of ether oxygens (including phenoxy) is 1. The number of hydrogen-bond donors (Lipinski definition) is 2. The van der Waals surface area contributed by atoms with Crippen molar-refractivity contribution < 1.29 is 9.94 Å². The molecule has 2 heterocycles. The van der Waals surface area contributed by atoms with Gasteiger partial charge in [-0.1, -0.05) is 28.1 Å². The lowest BCUT2D eigenvalue weighted by Crippen LogP contribution is -2.31. The summed E-state index contributed by atoms with van der Waals surface area (Å²) in [5.41, 5.74) is 6.56. The zero-order valence-corrected chi connectivity index (χ0v) is 13.7. The van der Waals surface area contributed by atoms with Crippen LogP contribution in [0.5, 0.6) is 5.75 Å². The minimum absolute atomic E-state index is 0.0422. The molecule has 0 radical (unpaired) electrons. The van der Waals surface area contributed by atoms with Crippen LogP contribution < -0.4 is 16.0 Å². The van der Waals surface area contributed by atoms with Crippen molar-refractivity contribution in [3.8, 4) is 11.8 Å². The summed E-state index contributed by atoms with van der Waals surface area (Å²) in [5.74, 6) is -0.494. The van der Waals surface area contributed by atoms with Crippen LogP contribution in [0, 0.1) is 18.3 Å². The van der Waals surface area contributed by atoms with Gasteiger partial charge in [0.05, 0.1) is 17.2 Å². The van der Waals surface area contributed by atoms with Crippen molar-refractivity contribution >= 4 is 15.9 Å². The molecule has 0 saturated carbocycles. The summed E-state index contributed by atoms with van der Waals surface area (Å²) >= 11 is 3.38. The first-order valence-corrected chi connectivity index (χ1v) is 7.52. The quantitative estimate of drug-likeness (QED) is 0.747. The van der Waals surface area contributed by atoms with E-state index in [1.54, 1.807) is 25.1 Å². The van der Waals surface area contributed by atoms with Crippen LogP contribution in [-0.2, 0) is 0 Å². The highest BCUT2D eigenvalue weighted by Gasteiger charge is 2.34. The summed E-state index contributed by atoms with van der Waals surface area (Å²) in [7, 11) is 0. The molecular weight excluding hydrogens is 362 g/mol. The van der Waals surface area contributed by atoms with Crippen LogP contribution in [-0.4, -0.2) is 9.94 Å². The Morgan fingerprint density at radius 1 is 1.43 bits per heavy atom. The van der Waals surface area contributed by atoms with E-state index >= 15 is 0 Å². The molecule has 1 unspecified atom stereocenters. The maximum Gasteiger partial charge on any atom is 0.291 e. The zero-order valence-electron chi connectivity index (χ0n) is 12.1. The van der Waals surface area contributed by atoms with E-state index in [1.165, 1.54) is 6.07 Å². The summed E-state index contributed by atoms with van der Waals surface area (Å²) in [6, 6.07) is 10.7. The standard InChI is InChI=1S/C16H12BrN3O3/c1-8-5-12-14(16(21)20(8)22)13(11(7-18)15(19)23-12)9-3-2-4-10(17)6-9/h2-6,13,22H,19H2,1H3. The lowest BCUT2D eigenvalue weighted by Gasteiger charge is -2.26. The number of aromatic nitrogens is 1. The fourth-order valence-corrected chi connectivity index (χ4v) is 3.07. The van der Waals surface area contributed by atoms with Crippen molar-refractivity contribution in [1.29, 1.82) is 5.26 Å². The summed E-state index contributed by atoms with van der Waals surface area (Å²) in [6.45, 7) is 1.57. The van der Waals surface area contributed by atoms with Gasteiger partial charge in [-0.15, -0.1) is 0 Å². The van der Waals surface area contributed by atoms with Gasteiger partial charge >= 0.3 is 0 Å². The highest BCUT2D eigenvalue weighted by Crippen LogP contribution is 2.40. The van der Waals surface area contributed by atoms with Gasteiger partial charge in [-0.25, -0.2) is 0 Å². The Morgan fingerprint density at radius 3 is 2.83 bits per heavy atom. The highest BCUT2D eigenvalue weighted by atomic mass is 79.9. The third-order valence-corrected chi connectivity index (χ3v) is 4.22. The van der Waals surface area contributed by atoms with Crippen molar-refractivity contribution in [2.75, 3.05) is 0 Å². The van der Waals surface area contributed by atoms with Gasteiger partial charge in [0.1, 0.15) is 17.4 Å². The van der Waals surface area contributed by atoms with Crippen LogP contribution in [0.4, 0.5) is 0 Å². The molecule has 1 aromatic heterocycles. The number of nitrogens with two attached hydrogens (primary N) is 1. The van der Waals surface area contributed by atoms with Crippen molar-refractivity contribution in [3.05, 3.63) is 73.4 Å². The molecule has 1 aliphatic heterocycles. The third kappa shape index (κ3) is 2.37. The molecule has 23 heavy (non-hydrogen) atoms. The van der Waals surface area contributed by atoms with Gasteiger partial charge in [0.25, 0.3) is 5.56 Å². The Morgan fingerprint density at radius 2 is 2.17 bits per heavy atom. The maximum atomic E-state index is 12.5. The average molecular weight is 374 g/mol. The molecular formula is C16H12BrN3O3. The maximum absolute atomic E-state index is 12.5. The van der Waals surface area contributed by atoms with Crippen LogP contribution in [0.3, 0.4) is 0 Å². The van der Waals surface area contributed by atoms with E-state index in [2.05, 4.69) is 15.9 Å². The first-order chi connectivity index (χ1) is 10.9. The summed E-state index contributed by atoms with van der Waals surface area (Å²) in [5, 5.41) is 19.4. The van der Waals surface area contributed by atoms with Crippen molar-refractivity contribution in [3.63, 3.8) is 0 Å². The van der Waals surface area contributed by atoms with Crippen LogP contribution in [0.15, 0.2) is 51.1 Å². The lowest BCUT2D eigenvalue weighted by atomic mass is 9.84. The van der Waals surface area contributed by atoms with Gasteiger partial charge in [-0.05, 0) is 24.6 Å². The van der Waals surface area contributed by atoms with Gasteiger partial charge in [-0.2, -0.15) is 9.99 Å². The molecule has 1 aromatic carbocycles. The molecule has 116 valence electrons. The SMILES string of the molecule is Cc1cc2c(c(=O)n1O)C(c1cccc(Br)c1)C(C#N)=C(N)O2. The van der Waals surface area contributed by atoms with E-state index in [0.717, 1.165) is 4.47 Å². The van der Waals surface area contributed by atoms with Crippen molar-refractivity contribution in [1.82, 2.24) is 4.73 Å². The number of halogens is 1. The number of fused-ring (bicyclic) bond motifs is 1. The second-order valence-corrected chi connectivity index (χ2v) is 6.08. The largest absolute Gasteiger partial charge is 0.440 e. The third-order valence-electron chi connectivity index (χ3n) is 3.73. The van der Waals surface area contributed by atoms with E-state index in [-0.39, 0.29) is 22.8 Å². The number of pyridine rings is 1. The first-order valence-electron chi connectivity index (χ1n) is 6.73. The minimum Gasteiger partial charge on any atom is -0.440 e. The van der Waals surface area contributed by atoms with Crippen molar-refractivity contribution in [2.45, 2.75) is 12.8 Å². The molecule has 1 aliphatic rings. The molecule has 0 bridgehead atoms. The summed E-state index contributed by atoms with van der Waals surface area (Å²) in [4.78, 5) is 12.5. The smallest absolute Gasteiger partial charge is 0.291 e. The predicted octanol–water partition coefficient (Wildman–Crippen LogP) is 2.37. The zero-order chi connectivity index (χ0) is 16.7. The van der Waals surface area contributed by atoms with Crippen LogP contribution >= 0.6 is 15.9 Å². The molecule has 6 nitrogen and oxygen atoms in total. The topological polar surface area (TPSA) is 101 Å². The van der Waals surface area contributed by atoms with E-state index in [0.29, 0.717) is 16.0 Å². The van der Waals surface area contributed by atoms with E-state index in [9.17, 15) is 15.3 Å². The van der Waals surface area contributed by atoms with Crippen LogP contribution in [0.2, 0.25) is 0 Å². The minimum atomic E-state index is -0.701. The Bertz CT molecular complexity index is 941. The second-order valence-electron chi connectivity index (χ2n) is 5.16. The number of rotatable bonds is 1. The van der Waals surface area contributed by atoms with Crippen LogP contribution in [0.1, 0.15) is 22.7 Å². The molecule has 3 rings (SSSR count). The Labute approximate surface area is 140 Å². The van der Waals surface area contributed by atoms with Crippen molar-refractivity contribution in [2.24, 2.45) is 5.73 Å². The van der Waals surface area contributed by atoms with Gasteiger partial charge in [-0.3, -0.25) is 4.79 Å². The fourth-order valence-electron chi connectivity index (χ4n) is 2.66. The van der Waals surface area contributed by atoms with E-state index in [4.69, 9.17) is 10.5 Å². The van der Waals surface area contributed by atoms with E-state index in [1.807, 2.05) is 12.1 Å². The lowest BCUT2D eigenvalue weighted by molar-refractivity contribution is 0.165. The average Bonchev–Trinajstić information content (AvgIpc) is 2.51. The highest BCUT2D eigenvalue weighted by molar-refractivity contribution is 9.10. The normalized spacial score (nSPS) is 16.5.